The Morgan fingerprint density at radius 2 is 2.17 bits per heavy atom. The molecule has 0 radical (unpaired) electrons. The van der Waals surface area contributed by atoms with Crippen molar-refractivity contribution in [3.63, 3.8) is 0 Å². The molecule has 0 aliphatic carbocycles. The quantitative estimate of drug-likeness (QED) is 0.318. The second-order valence-electron chi connectivity index (χ2n) is 6.22. The van der Waals surface area contributed by atoms with Gasteiger partial charge >= 0.3 is 5.97 Å². The minimum Gasteiger partial charge on any atom is -0.469 e. The van der Waals surface area contributed by atoms with Gasteiger partial charge in [-0.25, -0.2) is 0 Å². The minimum atomic E-state index is -0.118. The predicted molar refractivity (Wildman–Crippen MR) is 99.1 cm³/mol. The van der Waals surface area contributed by atoms with Crippen molar-refractivity contribution in [1.82, 2.24) is 10.2 Å². The number of methoxy groups -OCH3 is 1. The molecule has 0 aromatic heterocycles. The Morgan fingerprint density at radius 1 is 1.39 bits per heavy atom. The number of unbranched alkanes of at least 4 members (excludes halogenated alkanes) is 2. The maximum absolute atomic E-state index is 11.1. The Morgan fingerprint density at radius 3 is 2.83 bits per heavy atom. The number of hydrogen-bond acceptors (Lipinski definition) is 4. The van der Waals surface area contributed by atoms with Gasteiger partial charge in [-0.3, -0.25) is 9.79 Å². The normalized spacial score (nSPS) is 19.1. The van der Waals surface area contributed by atoms with Gasteiger partial charge in [-0.05, 0) is 25.7 Å². The number of carbonyl (C=O) groups is 1. The number of rotatable bonds is 8. The van der Waals surface area contributed by atoms with Crippen LogP contribution in [0.25, 0.3) is 0 Å². The van der Waals surface area contributed by atoms with E-state index in [1.165, 1.54) is 12.9 Å². The van der Waals surface area contributed by atoms with Crippen molar-refractivity contribution in [2.24, 2.45) is 10.9 Å². The molecule has 1 heterocycles. The maximum atomic E-state index is 11.1. The van der Waals surface area contributed by atoms with E-state index in [-0.39, 0.29) is 5.97 Å². The summed E-state index contributed by atoms with van der Waals surface area (Å²) in [4.78, 5) is 18.2. The largest absolute Gasteiger partial charge is 0.469 e. The molecule has 1 saturated heterocycles. The molecule has 1 N–H and O–H groups in total. The molecule has 23 heavy (non-hydrogen) atoms. The molecule has 1 aliphatic rings. The zero-order valence-electron chi connectivity index (χ0n) is 15.1. The van der Waals surface area contributed by atoms with Crippen LogP contribution in [-0.4, -0.2) is 61.1 Å². The third-order valence-electron chi connectivity index (χ3n) is 4.00. The number of ether oxygens (including phenoxy) is 1. The average molecular weight is 344 g/mol. The fourth-order valence-electron chi connectivity index (χ4n) is 2.54. The fraction of sp³-hybridized carbons (Fsp3) is 0.882. The van der Waals surface area contributed by atoms with Crippen LogP contribution in [0.1, 0.15) is 46.5 Å². The third-order valence-corrected chi connectivity index (χ3v) is 5.54. The van der Waals surface area contributed by atoms with E-state index in [4.69, 9.17) is 4.99 Å². The fourth-order valence-corrected chi connectivity index (χ4v) is 3.84. The van der Waals surface area contributed by atoms with Crippen molar-refractivity contribution < 1.29 is 9.53 Å². The molecule has 5 nitrogen and oxygen atoms in total. The standard InChI is InChI=1S/C17H33N3O2S/c1-5-18-17(19-10-8-6-7-9-16(21)22-4)20-11-12-23-15(13-20)14(2)3/h14-15H,5-13H2,1-4H3,(H,18,19). The third kappa shape index (κ3) is 7.95. The van der Waals surface area contributed by atoms with Crippen molar-refractivity contribution >= 4 is 23.7 Å². The summed E-state index contributed by atoms with van der Waals surface area (Å²) >= 11 is 2.08. The van der Waals surface area contributed by atoms with Crippen molar-refractivity contribution in [2.45, 2.75) is 51.7 Å². The highest BCUT2D eigenvalue weighted by Crippen LogP contribution is 2.24. The maximum Gasteiger partial charge on any atom is 0.305 e. The summed E-state index contributed by atoms with van der Waals surface area (Å²) in [5.74, 6) is 2.80. The van der Waals surface area contributed by atoms with E-state index in [0.717, 1.165) is 51.4 Å². The predicted octanol–water partition coefficient (Wildman–Crippen LogP) is 2.76. The minimum absolute atomic E-state index is 0.118. The summed E-state index contributed by atoms with van der Waals surface area (Å²) in [5, 5.41) is 4.11. The van der Waals surface area contributed by atoms with Crippen molar-refractivity contribution in [3.05, 3.63) is 0 Å². The Bertz CT molecular complexity index is 375. The van der Waals surface area contributed by atoms with Crippen LogP contribution in [0.5, 0.6) is 0 Å². The first-order valence-electron chi connectivity index (χ1n) is 8.80. The van der Waals surface area contributed by atoms with Gasteiger partial charge in [0.05, 0.1) is 7.11 Å². The van der Waals surface area contributed by atoms with Crippen molar-refractivity contribution in [2.75, 3.05) is 39.0 Å². The van der Waals surface area contributed by atoms with Crippen LogP contribution in [0.15, 0.2) is 4.99 Å². The van der Waals surface area contributed by atoms with Gasteiger partial charge in [-0.1, -0.05) is 20.3 Å². The molecule has 0 aromatic rings. The molecule has 6 heteroatoms. The number of nitrogens with one attached hydrogen (secondary N) is 1. The van der Waals surface area contributed by atoms with E-state index in [1.54, 1.807) is 0 Å². The lowest BCUT2D eigenvalue weighted by Gasteiger charge is -2.36. The molecule has 0 amide bonds. The van der Waals surface area contributed by atoms with Crippen molar-refractivity contribution in [3.8, 4) is 0 Å². The zero-order valence-corrected chi connectivity index (χ0v) is 16.0. The number of thioether (sulfide) groups is 1. The number of esters is 1. The van der Waals surface area contributed by atoms with Gasteiger partial charge in [0.2, 0.25) is 0 Å². The number of carbonyl (C=O) groups excluding carboxylic acids is 1. The van der Waals surface area contributed by atoms with Crippen LogP contribution in [0.3, 0.4) is 0 Å². The lowest BCUT2D eigenvalue weighted by Crippen LogP contribution is -2.49. The van der Waals surface area contributed by atoms with E-state index in [2.05, 4.69) is 47.5 Å². The number of aliphatic imine (C=N–C) groups is 1. The molecule has 0 aromatic carbocycles. The zero-order chi connectivity index (χ0) is 17.1. The summed E-state index contributed by atoms with van der Waals surface area (Å²) < 4.78 is 4.65. The summed E-state index contributed by atoms with van der Waals surface area (Å²) in [6.45, 7) is 10.6. The molecular formula is C17H33N3O2S. The summed E-state index contributed by atoms with van der Waals surface area (Å²) in [5.41, 5.74) is 0. The highest BCUT2D eigenvalue weighted by Gasteiger charge is 2.24. The second kappa shape index (κ2) is 11.6. The van der Waals surface area contributed by atoms with Gasteiger partial charge in [0.1, 0.15) is 0 Å². The van der Waals surface area contributed by atoms with Gasteiger partial charge in [0.25, 0.3) is 0 Å². The van der Waals surface area contributed by atoms with Gasteiger partial charge in [0, 0.05) is 43.6 Å². The number of hydrogen-bond donors (Lipinski definition) is 1. The molecule has 134 valence electrons. The van der Waals surface area contributed by atoms with Gasteiger partial charge < -0.3 is 15.0 Å². The van der Waals surface area contributed by atoms with E-state index >= 15 is 0 Å². The summed E-state index contributed by atoms with van der Waals surface area (Å²) in [6.07, 6.45) is 3.43. The molecule has 0 bridgehead atoms. The topological polar surface area (TPSA) is 53.9 Å². The van der Waals surface area contributed by atoms with E-state index in [0.29, 0.717) is 17.6 Å². The first-order valence-corrected chi connectivity index (χ1v) is 9.85. The van der Waals surface area contributed by atoms with Crippen LogP contribution in [0.2, 0.25) is 0 Å². The second-order valence-corrected chi connectivity index (χ2v) is 7.57. The van der Waals surface area contributed by atoms with Crippen LogP contribution in [-0.2, 0) is 9.53 Å². The van der Waals surface area contributed by atoms with Crippen LogP contribution >= 0.6 is 11.8 Å². The molecular weight excluding hydrogens is 310 g/mol. The smallest absolute Gasteiger partial charge is 0.305 e. The molecule has 1 unspecified atom stereocenters. The SMILES string of the molecule is CCNC(=NCCCCCC(=O)OC)N1CCSC(C(C)C)C1. The van der Waals surface area contributed by atoms with Crippen LogP contribution < -0.4 is 5.32 Å². The van der Waals surface area contributed by atoms with Gasteiger partial charge in [0.15, 0.2) is 5.96 Å². The lowest BCUT2D eigenvalue weighted by molar-refractivity contribution is -0.140. The molecule has 1 rings (SSSR count). The number of nitrogens with zero attached hydrogens (tertiary/aromatic N) is 2. The molecule has 1 atom stereocenters. The molecule has 0 saturated carbocycles. The average Bonchev–Trinajstić information content (AvgIpc) is 2.56. The highest BCUT2D eigenvalue weighted by atomic mass is 32.2. The molecule has 1 fully saturated rings. The van der Waals surface area contributed by atoms with Gasteiger partial charge in [-0.15, -0.1) is 0 Å². The molecule has 0 spiro atoms. The Hall–Kier alpha value is -0.910. The lowest BCUT2D eigenvalue weighted by atomic mass is 10.1. The van der Waals surface area contributed by atoms with Crippen molar-refractivity contribution in [1.29, 1.82) is 0 Å². The Kier molecular flexibility index (Phi) is 10.2. The Balaban J connectivity index is 2.39. The first kappa shape index (κ1) is 20.1. The summed E-state index contributed by atoms with van der Waals surface area (Å²) in [6, 6.07) is 0. The highest BCUT2D eigenvalue weighted by molar-refractivity contribution is 8.00. The number of guanidine groups is 1. The van der Waals surface area contributed by atoms with Crippen LogP contribution in [0, 0.1) is 5.92 Å². The monoisotopic (exact) mass is 343 g/mol. The van der Waals surface area contributed by atoms with Crippen LogP contribution in [0.4, 0.5) is 0 Å². The Labute approximate surface area is 145 Å². The van der Waals surface area contributed by atoms with Gasteiger partial charge in [-0.2, -0.15) is 11.8 Å². The van der Waals surface area contributed by atoms with E-state index in [1.807, 2.05) is 0 Å². The molecule has 1 aliphatic heterocycles. The van der Waals surface area contributed by atoms with E-state index in [9.17, 15) is 4.79 Å². The first-order chi connectivity index (χ1) is 11.1. The summed E-state index contributed by atoms with van der Waals surface area (Å²) in [7, 11) is 1.44. The van der Waals surface area contributed by atoms with E-state index < -0.39 is 0 Å².